The molecule has 1 saturated heterocycles. The van der Waals surface area contributed by atoms with Gasteiger partial charge in [-0.05, 0) is 49.7 Å². The molecular formula is C22H26BrClFN3O6. The molecule has 186 valence electrons. The molecule has 1 aromatic heterocycles. The molecule has 2 heterocycles. The van der Waals surface area contributed by atoms with Crippen LogP contribution in [0.15, 0.2) is 16.7 Å². The number of Topliss-reactive ketones (excluding diaryl/α,β-unsaturated/α-hetero) is 1. The summed E-state index contributed by atoms with van der Waals surface area (Å²) in [4.78, 5) is 40.2. The van der Waals surface area contributed by atoms with Gasteiger partial charge < -0.3 is 14.2 Å². The number of likely N-dealkylation sites (tertiary alicyclic amines) is 1. The second-order valence-corrected chi connectivity index (χ2v) is 10.0. The standard InChI is InChI=1S/C22H26BrClFN3O6/c1-6-33-20(30)17(28-10-12-14(24)8-13(23)19(32-5)16(12)26-28)18(29)15-7-11(25)9-27(15)21(31)34-22(2,3)4/h8,10-11,15,17H,6-7,9H2,1-5H3/t11-,15+,17?/m1/s1. The van der Waals surface area contributed by atoms with E-state index in [2.05, 4.69) is 21.0 Å². The summed E-state index contributed by atoms with van der Waals surface area (Å²) >= 11 is 9.69. The van der Waals surface area contributed by atoms with Gasteiger partial charge in [0, 0.05) is 18.0 Å². The van der Waals surface area contributed by atoms with E-state index >= 15 is 0 Å². The summed E-state index contributed by atoms with van der Waals surface area (Å²) < 4.78 is 31.9. The number of carbonyl (C=O) groups excluding carboxylic acids is 3. The fourth-order valence-electron chi connectivity index (χ4n) is 3.76. The fraction of sp³-hybridized carbons (Fsp3) is 0.545. The van der Waals surface area contributed by atoms with Gasteiger partial charge >= 0.3 is 12.1 Å². The monoisotopic (exact) mass is 561 g/mol. The number of nitrogens with zero attached hydrogens (tertiary/aromatic N) is 3. The Bertz CT molecular complexity index is 1120. The number of fused-ring (bicyclic) bond motifs is 1. The molecule has 1 aliphatic heterocycles. The summed E-state index contributed by atoms with van der Waals surface area (Å²) in [5, 5.41) is 5.12. The number of halogens is 3. The zero-order valence-electron chi connectivity index (χ0n) is 19.4. The molecule has 1 aliphatic rings. The largest absolute Gasteiger partial charge is 0.493 e. The molecule has 0 spiro atoms. The first-order valence-electron chi connectivity index (χ1n) is 10.6. The van der Waals surface area contributed by atoms with E-state index in [-0.39, 0.29) is 19.6 Å². The van der Waals surface area contributed by atoms with E-state index in [0.717, 1.165) is 9.58 Å². The van der Waals surface area contributed by atoms with Gasteiger partial charge in [0.2, 0.25) is 6.04 Å². The van der Waals surface area contributed by atoms with Gasteiger partial charge in [-0.2, -0.15) is 5.10 Å². The average molecular weight is 563 g/mol. The van der Waals surface area contributed by atoms with E-state index in [9.17, 15) is 18.8 Å². The average Bonchev–Trinajstić information content (AvgIpc) is 3.32. The SMILES string of the molecule is CCOC(=O)C(C(=O)[C@@H]1C[C@@H](F)CN1C(=O)OC(C)(C)C)n1cc2c(Cl)cc(Br)c(OC)c2n1. The van der Waals surface area contributed by atoms with E-state index in [1.165, 1.54) is 13.3 Å². The van der Waals surface area contributed by atoms with E-state index in [0.29, 0.717) is 26.1 Å². The Morgan fingerprint density at radius 1 is 1.35 bits per heavy atom. The highest BCUT2D eigenvalue weighted by Crippen LogP contribution is 2.38. The quantitative estimate of drug-likeness (QED) is 0.378. The number of ether oxygens (including phenoxy) is 3. The molecule has 0 aliphatic carbocycles. The molecule has 1 aromatic carbocycles. The number of alkyl halides is 1. The van der Waals surface area contributed by atoms with Crippen LogP contribution in [0.1, 0.15) is 40.2 Å². The number of benzene rings is 1. The molecule has 0 N–H and O–H groups in total. The topological polar surface area (TPSA) is 100.0 Å². The molecule has 0 saturated carbocycles. The summed E-state index contributed by atoms with van der Waals surface area (Å²) in [5.41, 5.74) is -0.539. The predicted octanol–water partition coefficient (Wildman–Crippen LogP) is 4.48. The number of carbonyl (C=O) groups is 3. The minimum atomic E-state index is -1.58. The van der Waals surface area contributed by atoms with Crippen molar-refractivity contribution >= 4 is 56.3 Å². The third kappa shape index (κ3) is 5.30. The van der Waals surface area contributed by atoms with Crippen molar-refractivity contribution in [2.45, 2.75) is 58.0 Å². The summed E-state index contributed by atoms with van der Waals surface area (Å²) in [6.07, 6.45) is -1.14. The number of esters is 1. The Balaban J connectivity index is 2.06. The Kier molecular flexibility index (Phi) is 7.76. The number of amides is 1. The van der Waals surface area contributed by atoms with E-state index in [1.807, 2.05) is 0 Å². The molecule has 3 rings (SSSR count). The van der Waals surface area contributed by atoms with Gasteiger partial charge in [-0.25, -0.2) is 18.7 Å². The van der Waals surface area contributed by atoms with Crippen molar-refractivity contribution in [3.05, 3.63) is 21.8 Å². The van der Waals surface area contributed by atoms with Crippen LogP contribution in [0, 0.1) is 0 Å². The first-order valence-corrected chi connectivity index (χ1v) is 11.8. The highest BCUT2D eigenvalue weighted by molar-refractivity contribution is 9.10. The van der Waals surface area contributed by atoms with Gasteiger partial charge in [-0.15, -0.1) is 0 Å². The predicted molar refractivity (Wildman–Crippen MR) is 126 cm³/mol. The van der Waals surface area contributed by atoms with E-state index < -0.39 is 41.7 Å². The van der Waals surface area contributed by atoms with Gasteiger partial charge in [-0.1, -0.05) is 11.6 Å². The third-order valence-electron chi connectivity index (χ3n) is 5.13. The van der Waals surface area contributed by atoms with Crippen LogP contribution in [-0.2, 0) is 19.1 Å². The molecule has 0 bridgehead atoms. The maximum Gasteiger partial charge on any atom is 0.411 e. The molecule has 12 heteroatoms. The normalized spacial score (nSPS) is 19.2. The Labute approximate surface area is 209 Å². The number of rotatable bonds is 6. The zero-order valence-corrected chi connectivity index (χ0v) is 21.8. The van der Waals surface area contributed by atoms with E-state index in [1.54, 1.807) is 33.8 Å². The number of methoxy groups -OCH3 is 1. The second kappa shape index (κ2) is 10.1. The van der Waals surface area contributed by atoms with Crippen molar-refractivity contribution in [2.75, 3.05) is 20.3 Å². The van der Waals surface area contributed by atoms with Crippen LogP contribution in [0.4, 0.5) is 9.18 Å². The lowest BCUT2D eigenvalue weighted by atomic mass is 10.0. The fourth-order valence-corrected chi connectivity index (χ4v) is 4.72. The Morgan fingerprint density at radius 3 is 2.62 bits per heavy atom. The number of hydrogen-bond acceptors (Lipinski definition) is 7. The first-order chi connectivity index (χ1) is 15.9. The lowest BCUT2D eigenvalue weighted by Crippen LogP contribution is -2.47. The maximum absolute atomic E-state index is 14.4. The minimum Gasteiger partial charge on any atom is -0.493 e. The summed E-state index contributed by atoms with van der Waals surface area (Å²) in [6, 6.07) is -1.21. The molecule has 2 aromatic rings. The van der Waals surface area contributed by atoms with Gasteiger partial charge in [0.15, 0.2) is 11.5 Å². The Morgan fingerprint density at radius 2 is 2.03 bits per heavy atom. The first kappa shape index (κ1) is 26.2. The molecule has 0 radical (unpaired) electrons. The van der Waals surface area contributed by atoms with Gasteiger partial charge in [0.1, 0.15) is 17.3 Å². The van der Waals surface area contributed by atoms with E-state index in [4.69, 9.17) is 25.8 Å². The van der Waals surface area contributed by atoms with Crippen molar-refractivity contribution in [3.8, 4) is 5.75 Å². The van der Waals surface area contributed by atoms with Gasteiger partial charge in [-0.3, -0.25) is 9.69 Å². The molecule has 1 unspecified atom stereocenters. The highest BCUT2D eigenvalue weighted by Gasteiger charge is 2.46. The van der Waals surface area contributed by atoms with Crippen molar-refractivity contribution < 1.29 is 33.0 Å². The van der Waals surface area contributed by atoms with Crippen LogP contribution in [0.2, 0.25) is 5.02 Å². The highest BCUT2D eigenvalue weighted by atomic mass is 79.9. The molecular weight excluding hydrogens is 537 g/mol. The van der Waals surface area contributed by atoms with Gasteiger partial charge in [0.05, 0.1) is 35.8 Å². The van der Waals surface area contributed by atoms with Crippen molar-refractivity contribution in [3.63, 3.8) is 0 Å². The maximum atomic E-state index is 14.4. The second-order valence-electron chi connectivity index (χ2n) is 8.78. The zero-order chi connectivity index (χ0) is 25.4. The Hall–Kier alpha value is -2.40. The van der Waals surface area contributed by atoms with Crippen LogP contribution in [0.3, 0.4) is 0 Å². The summed E-state index contributed by atoms with van der Waals surface area (Å²) in [5.74, 6) is -1.28. The minimum absolute atomic E-state index is 0.00517. The molecule has 3 atom stereocenters. The lowest BCUT2D eigenvalue weighted by molar-refractivity contribution is -0.152. The number of aromatic nitrogens is 2. The summed E-state index contributed by atoms with van der Waals surface area (Å²) in [6.45, 7) is 6.26. The molecule has 1 amide bonds. The molecule has 1 fully saturated rings. The van der Waals surface area contributed by atoms with Crippen LogP contribution >= 0.6 is 27.5 Å². The smallest absolute Gasteiger partial charge is 0.411 e. The molecule has 34 heavy (non-hydrogen) atoms. The lowest BCUT2D eigenvalue weighted by Gasteiger charge is -2.29. The van der Waals surface area contributed by atoms with Crippen LogP contribution in [0.25, 0.3) is 10.9 Å². The van der Waals surface area contributed by atoms with Crippen LogP contribution in [-0.4, -0.2) is 70.6 Å². The van der Waals surface area contributed by atoms with Crippen LogP contribution < -0.4 is 4.74 Å². The van der Waals surface area contributed by atoms with Crippen molar-refractivity contribution in [1.29, 1.82) is 0 Å². The van der Waals surface area contributed by atoms with Crippen molar-refractivity contribution in [1.82, 2.24) is 14.7 Å². The van der Waals surface area contributed by atoms with Crippen molar-refractivity contribution in [2.24, 2.45) is 0 Å². The summed E-state index contributed by atoms with van der Waals surface area (Å²) in [7, 11) is 1.44. The molecule has 9 nitrogen and oxygen atoms in total. The van der Waals surface area contributed by atoms with Crippen LogP contribution in [0.5, 0.6) is 5.75 Å². The number of ketones is 1. The number of hydrogen-bond donors (Lipinski definition) is 0. The third-order valence-corrected chi connectivity index (χ3v) is 6.03. The van der Waals surface area contributed by atoms with Gasteiger partial charge in [0.25, 0.3) is 0 Å².